The van der Waals surface area contributed by atoms with Crippen molar-refractivity contribution in [2.45, 2.75) is 25.0 Å². The molecule has 3 aliphatic heterocycles. The molecule has 0 aliphatic carbocycles. The fourth-order valence-corrected chi connectivity index (χ4v) is 5.94. The Morgan fingerprint density at radius 3 is 2.28 bits per heavy atom. The number of ether oxygens (including phenoxy) is 1. The normalized spacial score (nSPS) is 22.6. The Bertz CT molecular complexity index is 1170. The fourth-order valence-electron chi connectivity index (χ4n) is 5.37. The Morgan fingerprint density at radius 2 is 1.72 bits per heavy atom. The summed E-state index contributed by atoms with van der Waals surface area (Å²) in [4.78, 5) is 29.9. The van der Waals surface area contributed by atoms with Gasteiger partial charge >= 0.3 is 6.09 Å². The first-order chi connectivity index (χ1) is 16.9. The van der Waals surface area contributed by atoms with Gasteiger partial charge in [-0.2, -0.15) is 0 Å². The first kappa shape index (κ1) is 26.4. The van der Waals surface area contributed by atoms with Crippen LogP contribution in [-0.4, -0.2) is 53.6 Å². The number of aromatic nitrogens is 1. The monoisotopic (exact) mass is 577 g/mol. The lowest BCUT2D eigenvalue weighted by Gasteiger charge is -2.52. The van der Waals surface area contributed by atoms with Gasteiger partial charge in [-0.15, -0.1) is 11.3 Å². The van der Waals surface area contributed by atoms with Crippen LogP contribution in [0.1, 0.15) is 39.9 Å². The number of carbonyl (C=O) groups is 2. The zero-order valence-corrected chi connectivity index (χ0v) is 21.8. The van der Waals surface area contributed by atoms with E-state index in [0.717, 1.165) is 25.9 Å². The van der Waals surface area contributed by atoms with Gasteiger partial charge in [0.25, 0.3) is 0 Å². The van der Waals surface area contributed by atoms with Crippen molar-refractivity contribution in [2.75, 3.05) is 26.2 Å². The predicted molar refractivity (Wildman–Crippen MR) is 127 cm³/mol. The maximum Gasteiger partial charge on any atom is 0.408 e. The maximum atomic E-state index is 13.9. The van der Waals surface area contributed by atoms with Gasteiger partial charge in [-0.3, -0.25) is 4.79 Å². The lowest BCUT2D eigenvalue weighted by molar-refractivity contribution is -0.936. The zero-order chi connectivity index (χ0) is 24.4. The number of nitrogens with zero attached hydrogens (tertiary/aromatic N) is 2. The molecule has 0 radical (unpaired) electrons. The molecule has 2 aromatic carbocycles. The molecule has 0 saturated carbocycles. The highest BCUT2D eigenvalue weighted by atomic mass is 79.9. The average Bonchev–Trinajstić information content (AvgIpc) is 3.38. The SMILES string of the molecule is O=C(N[C@H]1C[N+]2(CC(=O)c3nccs3)CCC1CC2)OC(c1cccc(F)c1)c1cccc(F)c1.[Br-]. The van der Waals surface area contributed by atoms with E-state index in [-0.39, 0.29) is 28.8 Å². The smallest absolute Gasteiger partial charge is 0.408 e. The molecule has 190 valence electrons. The van der Waals surface area contributed by atoms with Gasteiger partial charge in [0.1, 0.15) is 18.2 Å². The van der Waals surface area contributed by atoms with Crippen molar-refractivity contribution in [1.82, 2.24) is 10.3 Å². The molecule has 1 atom stereocenters. The van der Waals surface area contributed by atoms with Crippen LogP contribution < -0.4 is 22.3 Å². The lowest BCUT2D eigenvalue weighted by atomic mass is 9.81. The fraction of sp³-hybridized carbons (Fsp3) is 0.346. The number of halogens is 3. The summed E-state index contributed by atoms with van der Waals surface area (Å²) in [7, 11) is 0. The number of fused-ring (bicyclic) bond motifs is 3. The standard InChI is InChI=1S/C26H25F2N3O3S.BrH/c27-20-5-1-3-18(13-20)24(19-4-2-6-21(28)14-19)34-26(33)30-22-15-31(10-7-17(22)8-11-31)16-23(32)25-29-9-12-35-25;/h1-6,9,12-14,17,22,24H,7-8,10-11,15-16H2;1H/t17?,22-,31?;/m0./s1. The van der Waals surface area contributed by atoms with Crippen LogP contribution in [0.5, 0.6) is 0 Å². The quantitative estimate of drug-likeness (QED) is 0.343. The van der Waals surface area contributed by atoms with Crippen molar-refractivity contribution in [1.29, 1.82) is 0 Å². The summed E-state index contributed by atoms with van der Waals surface area (Å²) < 4.78 is 34.2. The summed E-state index contributed by atoms with van der Waals surface area (Å²) in [6, 6.07) is 11.4. The molecule has 0 spiro atoms. The molecule has 36 heavy (non-hydrogen) atoms. The number of benzene rings is 2. The number of alkyl carbamates (subject to hydrolysis) is 1. The second-order valence-electron chi connectivity index (χ2n) is 9.37. The molecule has 3 aromatic rings. The van der Waals surface area contributed by atoms with E-state index < -0.39 is 23.8 Å². The van der Waals surface area contributed by atoms with Crippen LogP contribution in [0.3, 0.4) is 0 Å². The topological polar surface area (TPSA) is 68.3 Å². The Hall–Kier alpha value is -2.69. The van der Waals surface area contributed by atoms with E-state index in [1.54, 1.807) is 23.7 Å². The number of amides is 1. The van der Waals surface area contributed by atoms with Gasteiger partial charge in [-0.25, -0.2) is 18.6 Å². The largest absolute Gasteiger partial charge is 1.00 e. The van der Waals surface area contributed by atoms with Gasteiger partial charge in [0.15, 0.2) is 11.1 Å². The van der Waals surface area contributed by atoms with E-state index in [1.165, 1.54) is 47.7 Å². The molecule has 3 aliphatic rings. The van der Waals surface area contributed by atoms with Crippen LogP contribution in [-0.2, 0) is 4.74 Å². The van der Waals surface area contributed by atoms with Gasteiger partial charge in [-0.1, -0.05) is 24.3 Å². The number of hydrogen-bond acceptors (Lipinski definition) is 5. The summed E-state index contributed by atoms with van der Waals surface area (Å²) in [5.74, 6) is -0.610. The minimum atomic E-state index is -0.961. The van der Waals surface area contributed by atoms with E-state index in [9.17, 15) is 18.4 Å². The predicted octanol–water partition coefficient (Wildman–Crippen LogP) is 1.73. The number of thiazole rings is 1. The summed E-state index contributed by atoms with van der Waals surface area (Å²) in [5, 5.41) is 5.30. The van der Waals surface area contributed by atoms with Crippen molar-refractivity contribution in [2.24, 2.45) is 5.92 Å². The molecule has 6 nitrogen and oxygen atoms in total. The number of ketones is 1. The number of Topliss-reactive ketones (excluding diaryl/α,β-unsaturated/α-hetero) is 1. The minimum absolute atomic E-state index is 0. The van der Waals surface area contributed by atoms with Gasteiger partial charge in [-0.05, 0) is 41.3 Å². The van der Waals surface area contributed by atoms with E-state index in [1.807, 2.05) is 0 Å². The Labute approximate surface area is 222 Å². The minimum Gasteiger partial charge on any atom is -1.00 e. The zero-order valence-electron chi connectivity index (χ0n) is 19.4. The third-order valence-electron chi connectivity index (χ3n) is 7.08. The number of carbonyl (C=O) groups excluding carboxylic acids is 2. The first-order valence-electron chi connectivity index (χ1n) is 11.7. The van der Waals surface area contributed by atoms with Gasteiger partial charge < -0.3 is 31.5 Å². The van der Waals surface area contributed by atoms with E-state index >= 15 is 0 Å². The lowest BCUT2D eigenvalue weighted by Crippen LogP contribution is -3.00. The molecule has 0 unspecified atom stereocenters. The molecule has 6 rings (SSSR count). The van der Waals surface area contributed by atoms with Crippen molar-refractivity contribution in [3.8, 4) is 0 Å². The third-order valence-corrected chi connectivity index (χ3v) is 7.90. The molecule has 1 amide bonds. The Kier molecular flexibility index (Phi) is 8.17. The second kappa shape index (κ2) is 11.1. The molecule has 2 bridgehead atoms. The molecule has 4 heterocycles. The summed E-state index contributed by atoms with van der Waals surface area (Å²) >= 11 is 1.34. The highest BCUT2D eigenvalue weighted by Crippen LogP contribution is 2.35. The molecular formula is C26H26BrF2N3O3S. The summed E-state index contributed by atoms with van der Waals surface area (Å²) in [6.45, 7) is 2.79. The van der Waals surface area contributed by atoms with Gasteiger partial charge in [0, 0.05) is 24.4 Å². The highest BCUT2D eigenvalue weighted by Gasteiger charge is 2.47. The van der Waals surface area contributed by atoms with Crippen LogP contribution in [0.2, 0.25) is 0 Å². The van der Waals surface area contributed by atoms with Crippen LogP contribution in [0.15, 0.2) is 60.1 Å². The van der Waals surface area contributed by atoms with E-state index in [0.29, 0.717) is 39.6 Å². The molecule has 3 fully saturated rings. The summed E-state index contributed by atoms with van der Waals surface area (Å²) in [6.07, 6.45) is 1.85. The first-order valence-corrected chi connectivity index (χ1v) is 12.5. The maximum absolute atomic E-state index is 13.9. The Morgan fingerprint density at radius 1 is 1.08 bits per heavy atom. The number of quaternary nitrogens is 1. The van der Waals surface area contributed by atoms with Crippen LogP contribution in [0.4, 0.5) is 13.6 Å². The van der Waals surface area contributed by atoms with Gasteiger partial charge in [0.2, 0.25) is 5.78 Å². The third kappa shape index (κ3) is 5.82. The van der Waals surface area contributed by atoms with Crippen LogP contribution in [0, 0.1) is 17.6 Å². The molecular weight excluding hydrogens is 552 g/mol. The van der Waals surface area contributed by atoms with E-state index in [4.69, 9.17) is 4.74 Å². The Balaban J connectivity index is 0.00000304. The second-order valence-corrected chi connectivity index (χ2v) is 10.3. The average molecular weight is 578 g/mol. The molecule has 1 N–H and O–H groups in total. The number of nitrogens with one attached hydrogen (secondary N) is 1. The number of hydrogen-bond donors (Lipinski definition) is 1. The van der Waals surface area contributed by atoms with E-state index in [2.05, 4.69) is 10.3 Å². The molecule has 3 saturated heterocycles. The number of piperidine rings is 3. The van der Waals surface area contributed by atoms with Crippen molar-refractivity contribution in [3.05, 3.63) is 87.9 Å². The van der Waals surface area contributed by atoms with Crippen molar-refractivity contribution in [3.63, 3.8) is 0 Å². The van der Waals surface area contributed by atoms with Crippen LogP contribution in [0.25, 0.3) is 0 Å². The molecule has 10 heteroatoms. The van der Waals surface area contributed by atoms with Crippen LogP contribution >= 0.6 is 11.3 Å². The van der Waals surface area contributed by atoms with Crippen molar-refractivity contribution >= 4 is 23.2 Å². The summed E-state index contributed by atoms with van der Waals surface area (Å²) in [5.41, 5.74) is 0.828. The highest BCUT2D eigenvalue weighted by molar-refractivity contribution is 7.11. The molecule has 1 aromatic heterocycles. The number of rotatable bonds is 7. The van der Waals surface area contributed by atoms with Gasteiger partial charge in [0.05, 0.1) is 25.7 Å². The van der Waals surface area contributed by atoms with Crippen molar-refractivity contribution < 1.29 is 44.6 Å².